The molecule has 1 aliphatic carbocycles. The zero-order chi connectivity index (χ0) is 15.6. The summed E-state index contributed by atoms with van der Waals surface area (Å²) in [5.41, 5.74) is -1.45. The number of carbonyl (C=O) groups is 1. The summed E-state index contributed by atoms with van der Waals surface area (Å²) < 4.78 is 4.70. The molecule has 0 bridgehead atoms. The Hall–Kier alpha value is -0.610. The van der Waals surface area contributed by atoms with E-state index in [0.29, 0.717) is 6.42 Å². The summed E-state index contributed by atoms with van der Waals surface area (Å²) in [6.07, 6.45) is 3.76. The van der Waals surface area contributed by atoms with Gasteiger partial charge in [0.15, 0.2) is 0 Å². The smallest absolute Gasteiger partial charge is 0.308 e. The number of carbonyl (C=O) groups excluding carboxylic acids is 1. The molecular formula is C16H30O4. The van der Waals surface area contributed by atoms with Crippen LogP contribution in [0.2, 0.25) is 0 Å². The van der Waals surface area contributed by atoms with Crippen molar-refractivity contribution < 1.29 is 19.7 Å². The van der Waals surface area contributed by atoms with Crippen LogP contribution in [0.1, 0.15) is 59.8 Å². The van der Waals surface area contributed by atoms with Crippen LogP contribution in [-0.2, 0) is 9.53 Å². The van der Waals surface area contributed by atoms with Crippen LogP contribution in [0.3, 0.4) is 0 Å². The average molecular weight is 286 g/mol. The number of ether oxygens (including phenoxy) is 1. The second-order valence-corrected chi connectivity index (χ2v) is 6.96. The SMILES string of the molecule is COC(=O)C(C)CCCC(C)(O)C1CCC(C)(O)C1C. The normalized spacial score (nSPS) is 34.5. The maximum absolute atomic E-state index is 11.3. The van der Waals surface area contributed by atoms with Crippen LogP contribution in [0, 0.1) is 17.8 Å². The number of hydrogen-bond donors (Lipinski definition) is 2. The van der Waals surface area contributed by atoms with Crippen LogP contribution >= 0.6 is 0 Å². The molecule has 1 aliphatic rings. The minimum atomic E-state index is -0.782. The van der Waals surface area contributed by atoms with E-state index in [4.69, 9.17) is 4.74 Å². The zero-order valence-electron chi connectivity index (χ0n) is 13.5. The first-order valence-corrected chi connectivity index (χ1v) is 7.64. The predicted molar refractivity (Wildman–Crippen MR) is 78.2 cm³/mol. The van der Waals surface area contributed by atoms with Crippen molar-refractivity contribution in [2.24, 2.45) is 17.8 Å². The topological polar surface area (TPSA) is 66.8 Å². The highest BCUT2D eigenvalue weighted by atomic mass is 16.5. The first kappa shape index (κ1) is 17.4. The molecule has 0 amide bonds. The van der Waals surface area contributed by atoms with E-state index >= 15 is 0 Å². The molecule has 0 saturated heterocycles. The molecule has 1 saturated carbocycles. The third-order valence-corrected chi connectivity index (χ3v) is 5.27. The van der Waals surface area contributed by atoms with Crippen molar-refractivity contribution in [3.05, 3.63) is 0 Å². The lowest BCUT2D eigenvalue weighted by molar-refractivity contribution is -0.145. The van der Waals surface area contributed by atoms with E-state index in [1.807, 2.05) is 27.7 Å². The third kappa shape index (κ3) is 3.95. The molecule has 5 unspecified atom stereocenters. The Morgan fingerprint density at radius 1 is 1.55 bits per heavy atom. The predicted octanol–water partition coefficient (Wildman–Crippen LogP) is 2.51. The van der Waals surface area contributed by atoms with Gasteiger partial charge in [-0.3, -0.25) is 4.79 Å². The van der Waals surface area contributed by atoms with Gasteiger partial charge in [-0.05, 0) is 57.8 Å². The van der Waals surface area contributed by atoms with E-state index in [9.17, 15) is 15.0 Å². The Balaban J connectivity index is 2.48. The van der Waals surface area contributed by atoms with Crippen molar-refractivity contribution in [3.63, 3.8) is 0 Å². The van der Waals surface area contributed by atoms with Crippen LogP contribution < -0.4 is 0 Å². The van der Waals surface area contributed by atoms with Gasteiger partial charge in [-0.2, -0.15) is 0 Å². The van der Waals surface area contributed by atoms with Crippen LogP contribution in [0.15, 0.2) is 0 Å². The highest BCUT2D eigenvalue weighted by Gasteiger charge is 2.48. The number of aliphatic hydroxyl groups is 2. The van der Waals surface area contributed by atoms with Crippen molar-refractivity contribution in [2.45, 2.75) is 71.0 Å². The number of hydrogen-bond acceptors (Lipinski definition) is 4. The lowest BCUT2D eigenvalue weighted by Gasteiger charge is -2.36. The maximum Gasteiger partial charge on any atom is 0.308 e. The molecule has 1 rings (SSSR count). The Labute approximate surface area is 122 Å². The zero-order valence-corrected chi connectivity index (χ0v) is 13.5. The maximum atomic E-state index is 11.3. The van der Waals surface area contributed by atoms with Gasteiger partial charge in [-0.1, -0.05) is 13.8 Å². The van der Waals surface area contributed by atoms with Gasteiger partial charge in [0.2, 0.25) is 0 Å². The molecule has 0 aliphatic heterocycles. The molecule has 0 spiro atoms. The van der Waals surface area contributed by atoms with Gasteiger partial charge in [0.25, 0.3) is 0 Å². The Bertz CT molecular complexity index is 335. The lowest BCUT2D eigenvalue weighted by atomic mass is 9.76. The quantitative estimate of drug-likeness (QED) is 0.736. The standard InChI is InChI=1S/C16H30O4/c1-11(14(17)20-5)7-6-9-16(4,19)13-8-10-15(3,18)12(13)2/h11-13,18-19H,6-10H2,1-5H3. The van der Waals surface area contributed by atoms with E-state index in [0.717, 1.165) is 25.7 Å². The van der Waals surface area contributed by atoms with Gasteiger partial charge >= 0.3 is 5.97 Å². The second kappa shape index (κ2) is 6.44. The van der Waals surface area contributed by atoms with E-state index in [1.54, 1.807) is 0 Å². The van der Waals surface area contributed by atoms with E-state index in [2.05, 4.69) is 0 Å². The Kier molecular flexibility index (Phi) is 5.61. The van der Waals surface area contributed by atoms with Crippen molar-refractivity contribution in [1.82, 2.24) is 0 Å². The summed E-state index contributed by atoms with van der Waals surface area (Å²) in [4.78, 5) is 11.3. The number of esters is 1. The molecule has 118 valence electrons. The molecule has 0 heterocycles. The highest BCUT2D eigenvalue weighted by molar-refractivity contribution is 5.71. The lowest BCUT2D eigenvalue weighted by Crippen LogP contribution is -2.40. The molecule has 0 aromatic rings. The van der Waals surface area contributed by atoms with E-state index in [1.165, 1.54) is 7.11 Å². The Morgan fingerprint density at radius 2 is 2.15 bits per heavy atom. The minimum absolute atomic E-state index is 0.0931. The molecular weight excluding hydrogens is 256 g/mol. The van der Waals surface area contributed by atoms with E-state index in [-0.39, 0.29) is 23.7 Å². The summed E-state index contributed by atoms with van der Waals surface area (Å²) in [7, 11) is 1.40. The molecule has 0 radical (unpaired) electrons. The monoisotopic (exact) mass is 286 g/mol. The first-order valence-electron chi connectivity index (χ1n) is 7.64. The van der Waals surface area contributed by atoms with Crippen molar-refractivity contribution in [1.29, 1.82) is 0 Å². The summed E-state index contributed by atoms with van der Waals surface area (Å²) >= 11 is 0. The number of methoxy groups -OCH3 is 1. The van der Waals surface area contributed by atoms with Gasteiger partial charge in [0, 0.05) is 0 Å². The van der Waals surface area contributed by atoms with Crippen LogP contribution in [-0.4, -0.2) is 34.5 Å². The van der Waals surface area contributed by atoms with Crippen molar-refractivity contribution >= 4 is 5.97 Å². The largest absolute Gasteiger partial charge is 0.469 e. The van der Waals surface area contributed by atoms with Gasteiger partial charge in [-0.25, -0.2) is 0 Å². The molecule has 5 atom stereocenters. The molecule has 1 fully saturated rings. The average Bonchev–Trinajstić information content (AvgIpc) is 2.63. The number of rotatable bonds is 6. The molecule has 20 heavy (non-hydrogen) atoms. The molecule has 4 nitrogen and oxygen atoms in total. The fraction of sp³-hybridized carbons (Fsp3) is 0.938. The van der Waals surface area contributed by atoms with Crippen LogP contribution in [0.5, 0.6) is 0 Å². The summed E-state index contributed by atoms with van der Waals surface area (Å²) in [5.74, 6) is -0.108. The minimum Gasteiger partial charge on any atom is -0.469 e. The van der Waals surface area contributed by atoms with Crippen LogP contribution in [0.25, 0.3) is 0 Å². The Morgan fingerprint density at radius 3 is 2.60 bits per heavy atom. The van der Waals surface area contributed by atoms with Crippen molar-refractivity contribution in [3.8, 4) is 0 Å². The fourth-order valence-electron chi connectivity index (χ4n) is 3.48. The van der Waals surface area contributed by atoms with Gasteiger partial charge in [-0.15, -0.1) is 0 Å². The van der Waals surface area contributed by atoms with Crippen LogP contribution in [0.4, 0.5) is 0 Å². The second-order valence-electron chi connectivity index (χ2n) is 6.96. The van der Waals surface area contributed by atoms with Crippen molar-refractivity contribution in [2.75, 3.05) is 7.11 Å². The van der Waals surface area contributed by atoms with Gasteiger partial charge < -0.3 is 14.9 Å². The molecule has 0 aromatic carbocycles. The van der Waals surface area contributed by atoms with E-state index < -0.39 is 11.2 Å². The van der Waals surface area contributed by atoms with Gasteiger partial charge in [0.1, 0.15) is 0 Å². The molecule has 0 aromatic heterocycles. The first-order chi connectivity index (χ1) is 9.12. The summed E-state index contributed by atoms with van der Waals surface area (Å²) in [6.45, 7) is 7.58. The molecule has 2 N–H and O–H groups in total. The summed E-state index contributed by atoms with van der Waals surface area (Å²) in [5, 5.41) is 20.9. The van der Waals surface area contributed by atoms with Gasteiger partial charge in [0.05, 0.1) is 24.2 Å². The fourth-order valence-corrected chi connectivity index (χ4v) is 3.48. The summed E-state index contributed by atoms with van der Waals surface area (Å²) in [6, 6.07) is 0. The highest BCUT2D eigenvalue weighted by Crippen LogP contribution is 2.46. The molecule has 4 heteroatoms. The third-order valence-electron chi connectivity index (χ3n) is 5.27.